The van der Waals surface area contributed by atoms with Gasteiger partial charge in [-0.1, -0.05) is 36.4 Å². The van der Waals surface area contributed by atoms with Gasteiger partial charge in [-0.15, -0.1) is 0 Å². The van der Waals surface area contributed by atoms with E-state index in [1.807, 2.05) is 13.0 Å². The number of halogens is 10. The average Bonchev–Trinajstić information content (AvgIpc) is 3.04. The number of hydrogen-bond donors (Lipinski definition) is 0. The normalized spacial score (nSPS) is 16.5. The predicted molar refractivity (Wildman–Crippen MR) is 168 cm³/mol. The summed E-state index contributed by atoms with van der Waals surface area (Å²) in [5, 5.41) is 0. The Bertz CT molecular complexity index is 1860. The monoisotopic (exact) mass is 708 g/mol. The Morgan fingerprint density at radius 1 is 0.720 bits per heavy atom. The van der Waals surface area contributed by atoms with E-state index in [-0.39, 0.29) is 41.0 Å². The first-order valence-electron chi connectivity index (χ1n) is 15.7. The molecule has 264 valence electrons. The summed E-state index contributed by atoms with van der Waals surface area (Å²) >= 11 is 0. The summed E-state index contributed by atoms with van der Waals surface area (Å²) in [6.07, 6.45) is 2.76. The molecular weight excluding hydrogens is 678 g/mol. The van der Waals surface area contributed by atoms with E-state index in [9.17, 15) is 35.1 Å². The van der Waals surface area contributed by atoms with Crippen LogP contribution in [-0.4, -0.2) is 0 Å². The summed E-state index contributed by atoms with van der Waals surface area (Å²) in [7, 11) is 0. The summed E-state index contributed by atoms with van der Waals surface area (Å²) in [5.41, 5.74) is -1.72. The molecule has 0 aliphatic heterocycles. The average molecular weight is 709 g/mol. The molecule has 1 aliphatic rings. The van der Waals surface area contributed by atoms with Crippen molar-refractivity contribution < 1.29 is 53.4 Å². The molecule has 0 saturated heterocycles. The number of benzene rings is 4. The number of rotatable bonds is 11. The highest BCUT2D eigenvalue weighted by Crippen LogP contribution is 2.41. The molecular formula is C38H30F10O2. The summed E-state index contributed by atoms with van der Waals surface area (Å²) in [4.78, 5) is 0. The van der Waals surface area contributed by atoms with Gasteiger partial charge in [-0.2, -0.15) is 17.6 Å². The fraction of sp³-hybridized carbons (Fsp3) is 0.263. The van der Waals surface area contributed by atoms with E-state index in [0.717, 1.165) is 56.2 Å². The van der Waals surface area contributed by atoms with E-state index in [4.69, 9.17) is 0 Å². The van der Waals surface area contributed by atoms with Gasteiger partial charge in [0.2, 0.25) is 0 Å². The largest absolute Gasteiger partial charge is 0.453 e. The number of allylic oxidation sites excluding steroid dienone is 2. The standard InChI is InChI=1S/C38H30F10O2/c1-2-3-4-5-21-6-8-22(9-7-21)23-10-12-27(29(39)14-23)24-11-13-28(30(40)15-24)25-16-31(41)36(32(42)17-25)38(47,48)50-26-18-33(43)37(34(44)19-26)49-20-35(45)46/h2-3,10-22H,4-9H2,1H3. The van der Waals surface area contributed by atoms with Gasteiger partial charge < -0.3 is 9.47 Å². The highest BCUT2D eigenvalue weighted by molar-refractivity contribution is 5.72. The van der Waals surface area contributed by atoms with Gasteiger partial charge in [-0.3, -0.25) is 0 Å². The number of hydrogen-bond acceptors (Lipinski definition) is 2. The zero-order chi connectivity index (χ0) is 36.2. The zero-order valence-corrected chi connectivity index (χ0v) is 26.5. The van der Waals surface area contributed by atoms with Gasteiger partial charge in [0.25, 0.3) is 0 Å². The molecule has 1 saturated carbocycles. The molecule has 12 heteroatoms. The van der Waals surface area contributed by atoms with Crippen LogP contribution in [0.4, 0.5) is 43.9 Å². The fourth-order valence-electron chi connectivity index (χ4n) is 6.24. The molecule has 0 heterocycles. The fourth-order valence-corrected chi connectivity index (χ4v) is 6.24. The van der Waals surface area contributed by atoms with Crippen molar-refractivity contribution in [3.05, 3.63) is 131 Å². The van der Waals surface area contributed by atoms with Crippen molar-refractivity contribution in [2.24, 2.45) is 5.92 Å². The van der Waals surface area contributed by atoms with Crippen LogP contribution in [0.2, 0.25) is 0 Å². The Labute approximate surface area is 281 Å². The maximum Gasteiger partial charge on any atom is 0.432 e. The smallest absolute Gasteiger partial charge is 0.432 e. The Balaban J connectivity index is 1.32. The molecule has 2 nitrogen and oxygen atoms in total. The Morgan fingerprint density at radius 2 is 1.30 bits per heavy atom. The third-order valence-corrected chi connectivity index (χ3v) is 8.70. The van der Waals surface area contributed by atoms with Gasteiger partial charge in [0.15, 0.2) is 23.6 Å². The molecule has 0 bridgehead atoms. The molecule has 0 radical (unpaired) electrons. The molecule has 0 aromatic heterocycles. The first kappa shape index (κ1) is 36.5. The van der Waals surface area contributed by atoms with Crippen molar-refractivity contribution in [1.82, 2.24) is 0 Å². The first-order valence-corrected chi connectivity index (χ1v) is 15.7. The van der Waals surface area contributed by atoms with Crippen LogP contribution in [0.3, 0.4) is 0 Å². The molecule has 4 aromatic carbocycles. The molecule has 0 unspecified atom stereocenters. The Hall–Kier alpha value is -4.74. The van der Waals surface area contributed by atoms with Crippen LogP contribution in [0.25, 0.3) is 22.3 Å². The molecule has 50 heavy (non-hydrogen) atoms. The molecule has 0 amide bonds. The first-order chi connectivity index (χ1) is 23.8. The van der Waals surface area contributed by atoms with Gasteiger partial charge in [0.05, 0.1) is 0 Å². The summed E-state index contributed by atoms with van der Waals surface area (Å²) in [6.45, 7) is 1.99. The van der Waals surface area contributed by atoms with Crippen molar-refractivity contribution in [3.8, 4) is 33.8 Å². The van der Waals surface area contributed by atoms with Crippen molar-refractivity contribution in [2.45, 2.75) is 57.5 Å². The lowest BCUT2D eigenvalue weighted by molar-refractivity contribution is -0.189. The van der Waals surface area contributed by atoms with Crippen LogP contribution in [-0.2, 0) is 6.11 Å². The van der Waals surface area contributed by atoms with E-state index in [0.29, 0.717) is 18.1 Å². The third-order valence-electron chi connectivity index (χ3n) is 8.70. The van der Waals surface area contributed by atoms with E-state index < -0.39 is 69.7 Å². The van der Waals surface area contributed by atoms with Crippen LogP contribution in [0, 0.1) is 40.8 Å². The van der Waals surface area contributed by atoms with Crippen LogP contribution in [0.5, 0.6) is 11.5 Å². The molecule has 5 rings (SSSR count). The van der Waals surface area contributed by atoms with Gasteiger partial charge in [0, 0.05) is 23.3 Å². The second-order valence-corrected chi connectivity index (χ2v) is 12.0. The van der Waals surface area contributed by atoms with Gasteiger partial charge >= 0.3 is 12.2 Å². The van der Waals surface area contributed by atoms with E-state index in [2.05, 4.69) is 15.5 Å². The summed E-state index contributed by atoms with van der Waals surface area (Å²) < 4.78 is 151. The lowest BCUT2D eigenvalue weighted by atomic mass is 9.77. The van der Waals surface area contributed by atoms with Crippen LogP contribution in [0.1, 0.15) is 62.5 Å². The van der Waals surface area contributed by atoms with Gasteiger partial charge in [-0.25, -0.2) is 26.3 Å². The molecule has 0 spiro atoms. The maximum atomic E-state index is 15.3. The molecule has 1 aliphatic carbocycles. The number of alkyl halides is 2. The minimum Gasteiger partial charge on any atom is -0.453 e. The Kier molecular flexibility index (Phi) is 11.3. The summed E-state index contributed by atoms with van der Waals surface area (Å²) in [6, 6.07) is 9.27. The minimum atomic E-state index is -4.85. The minimum absolute atomic E-state index is 0.0993. The quantitative estimate of drug-likeness (QED) is 0.0877. The van der Waals surface area contributed by atoms with E-state index >= 15 is 8.78 Å². The summed E-state index contributed by atoms with van der Waals surface area (Å²) in [5.74, 6) is -10.6. The van der Waals surface area contributed by atoms with Gasteiger partial charge in [-0.05, 0) is 98.2 Å². The predicted octanol–water partition coefficient (Wildman–Crippen LogP) is 12.7. The van der Waals surface area contributed by atoms with Crippen LogP contribution in [0.15, 0.2) is 85.2 Å². The topological polar surface area (TPSA) is 18.5 Å². The van der Waals surface area contributed by atoms with Crippen LogP contribution < -0.4 is 9.47 Å². The molecule has 0 N–H and O–H groups in total. The van der Waals surface area contributed by atoms with E-state index in [1.165, 1.54) is 12.1 Å². The SMILES string of the molecule is CC=CCCC1CCC(c2ccc(-c3ccc(-c4cc(F)c(C(F)(F)Oc5cc(F)c(OC=C(F)F)c(F)c5)c(F)c4)c(F)c3)c(F)c2)CC1. The number of ether oxygens (including phenoxy) is 2. The van der Waals surface area contributed by atoms with Gasteiger partial charge in [0.1, 0.15) is 34.6 Å². The van der Waals surface area contributed by atoms with Crippen molar-refractivity contribution in [1.29, 1.82) is 0 Å². The third kappa shape index (κ3) is 8.34. The Morgan fingerprint density at radius 3 is 1.88 bits per heavy atom. The molecule has 4 aromatic rings. The van der Waals surface area contributed by atoms with Crippen LogP contribution >= 0.6 is 0 Å². The lowest BCUT2D eigenvalue weighted by Gasteiger charge is -2.28. The van der Waals surface area contributed by atoms with Crippen molar-refractivity contribution in [2.75, 3.05) is 0 Å². The zero-order valence-electron chi connectivity index (χ0n) is 26.5. The second-order valence-electron chi connectivity index (χ2n) is 12.0. The highest BCUT2D eigenvalue weighted by Gasteiger charge is 2.42. The molecule has 0 atom stereocenters. The highest BCUT2D eigenvalue weighted by atomic mass is 19.3. The molecule has 1 fully saturated rings. The van der Waals surface area contributed by atoms with Crippen molar-refractivity contribution >= 4 is 0 Å². The lowest BCUT2D eigenvalue weighted by Crippen LogP contribution is -2.25. The van der Waals surface area contributed by atoms with Crippen molar-refractivity contribution in [3.63, 3.8) is 0 Å². The second kappa shape index (κ2) is 15.4. The van der Waals surface area contributed by atoms with E-state index in [1.54, 1.807) is 12.1 Å². The maximum absolute atomic E-state index is 15.3.